The third-order valence-electron chi connectivity index (χ3n) is 7.40. The summed E-state index contributed by atoms with van der Waals surface area (Å²) in [5.74, 6) is 0.556. The number of amides is 1. The number of fused-ring (bicyclic) bond motifs is 2. The highest BCUT2D eigenvalue weighted by atomic mass is 16.1. The van der Waals surface area contributed by atoms with Crippen molar-refractivity contribution < 1.29 is 4.79 Å². The molecule has 0 radical (unpaired) electrons. The molecule has 1 aliphatic rings. The first-order valence-corrected chi connectivity index (χ1v) is 12.8. The molecule has 36 heavy (non-hydrogen) atoms. The third-order valence-corrected chi connectivity index (χ3v) is 7.40. The van der Waals surface area contributed by atoms with Gasteiger partial charge in [0.15, 0.2) is 0 Å². The van der Waals surface area contributed by atoms with Gasteiger partial charge in [0.25, 0.3) is 5.91 Å². The molecule has 2 unspecified atom stereocenters. The molecule has 6 rings (SSSR count). The number of hydrogen-bond donors (Lipinski definition) is 2. The number of aromatic amines is 1. The second-order valence-corrected chi connectivity index (χ2v) is 9.95. The van der Waals surface area contributed by atoms with E-state index in [-0.39, 0.29) is 11.9 Å². The summed E-state index contributed by atoms with van der Waals surface area (Å²) in [6.45, 7) is 2.90. The van der Waals surface area contributed by atoms with Crippen molar-refractivity contribution in [3.63, 3.8) is 0 Å². The van der Waals surface area contributed by atoms with E-state index in [2.05, 4.69) is 54.5 Å². The van der Waals surface area contributed by atoms with Gasteiger partial charge in [0, 0.05) is 46.4 Å². The molecule has 2 N–H and O–H groups in total. The van der Waals surface area contributed by atoms with Crippen molar-refractivity contribution in [3.05, 3.63) is 78.2 Å². The lowest BCUT2D eigenvalue weighted by molar-refractivity contribution is 0.0933. The van der Waals surface area contributed by atoms with E-state index in [1.807, 2.05) is 43.5 Å². The first kappa shape index (κ1) is 22.5. The molecule has 182 valence electrons. The summed E-state index contributed by atoms with van der Waals surface area (Å²) in [6.07, 6.45) is 9.11. The molecule has 1 aliphatic carbocycles. The third kappa shape index (κ3) is 4.49. The molecule has 1 amide bonds. The number of carbonyl (C=O) groups excluding carboxylic acids is 1. The Hall–Kier alpha value is -4.00. The molecule has 0 aliphatic heterocycles. The highest BCUT2D eigenvalue weighted by molar-refractivity contribution is 6.01. The molecule has 3 aromatic heterocycles. The van der Waals surface area contributed by atoms with Crippen molar-refractivity contribution in [1.82, 2.24) is 30.3 Å². The van der Waals surface area contributed by atoms with E-state index in [0.29, 0.717) is 11.5 Å². The van der Waals surface area contributed by atoms with Gasteiger partial charge in [-0.25, -0.2) is 0 Å². The predicted molar refractivity (Wildman–Crippen MR) is 142 cm³/mol. The van der Waals surface area contributed by atoms with E-state index in [9.17, 15) is 4.79 Å². The van der Waals surface area contributed by atoms with E-state index in [4.69, 9.17) is 0 Å². The summed E-state index contributed by atoms with van der Waals surface area (Å²) in [5, 5.41) is 17.6. The van der Waals surface area contributed by atoms with Crippen molar-refractivity contribution in [2.24, 2.45) is 5.92 Å². The fourth-order valence-corrected chi connectivity index (χ4v) is 5.46. The van der Waals surface area contributed by atoms with Gasteiger partial charge in [-0.05, 0) is 74.9 Å². The van der Waals surface area contributed by atoms with Crippen LogP contribution in [-0.2, 0) is 6.54 Å². The van der Waals surface area contributed by atoms with E-state index in [1.54, 1.807) is 6.20 Å². The minimum absolute atomic E-state index is 0.0171. The SMILES string of the molecule is Cc1cc(-c2n[nH]c3ccc(C(=O)NC4CCCC(Cn5ncc6ccccc65)CC4)cc23)ccn1. The summed E-state index contributed by atoms with van der Waals surface area (Å²) < 4.78 is 2.14. The van der Waals surface area contributed by atoms with Crippen LogP contribution in [0.3, 0.4) is 0 Å². The summed E-state index contributed by atoms with van der Waals surface area (Å²) in [5.41, 5.74) is 5.55. The van der Waals surface area contributed by atoms with Crippen LogP contribution < -0.4 is 5.32 Å². The standard InChI is InChI=1S/C29H30N6O/c1-19-15-21(13-14-30-19)28-25-16-22(10-12-26(25)33-34-28)29(36)32-24-7-4-5-20(9-11-24)18-35-27-8-3-2-6-23(27)17-31-35/h2-3,6,8,10,12-17,20,24H,4-5,7,9,11,18H2,1H3,(H,32,36)(H,33,34). The molecule has 1 saturated carbocycles. The van der Waals surface area contributed by atoms with Gasteiger partial charge >= 0.3 is 0 Å². The molecule has 0 spiro atoms. The Kier molecular flexibility index (Phi) is 5.97. The lowest BCUT2D eigenvalue weighted by Crippen LogP contribution is -2.34. The topological polar surface area (TPSA) is 88.5 Å². The van der Waals surface area contributed by atoms with Gasteiger partial charge in [0.1, 0.15) is 5.69 Å². The van der Waals surface area contributed by atoms with Crippen LogP contribution in [0.4, 0.5) is 0 Å². The van der Waals surface area contributed by atoms with Gasteiger partial charge in [-0.1, -0.05) is 24.6 Å². The average Bonchev–Trinajstić information content (AvgIpc) is 3.43. The molecular formula is C29H30N6O. The number of aromatic nitrogens is 5. The van der Waals surface area contributed by atoms with Crippen molar-refractivity contribution in [3.8, 4) is 11.3 Å². The summed E-state index contributed by atoms with van der Waals surface area (Å²) >= 11 is 0. The minimum atomic E-state index is -0.0171. The van der Waals surface area contributed by atoms with Gasteiger partial charge in [-0.2, -0.15) is 10.2 Å². The van der Waals surface area contributed by atoms with E-state index >= 15 is 0 Å². The molecule has 3 heterocycles. The Bertz CT molecular complexity index is 1530. The van der Waals surface area contributed by atoms with Crippen LogP contribution in [0.25, 0.3) is 33.1 Å². The maximum Gasteiger partial charge on any atom is 0.251 e. The van der Waals surface area contributed by atoms with Crippen LogP contribution in [0.2, 0.25) is 0 Å². The minimum Gasteiger partial charge on any atom is -0.349 e. The zero-order valence-electron chi connectivity index (χ0n) is 20.4. The Morgan fingerprint density at radius 3 is 2.92 bits per heavy atom. The summed E-state index contributed by atoms with van der Waals surface area (Å²) in [6, 6.07) is 18.3. The summed E-state index contributed by atoms with van der Waals surface area (Å²) in [7, 11) is 0. The van der Waals surface area contributed by atoms with E-state index < -0.39 is 0 Å². The van der Waals surface area contributed by atoms with E-state index in [0.717, 1.165) is 66.5 Å². The van der Waals surface area contributed by atoms with Gasteiger partial charge in [0.2, 0.25) is 0 Å². The Balaban J connectivity index is 1.13. The number of carbonyl (C=O) groups is 1. The fraction of sp³-hybridized carbons (Fsp3) is 0.310. The lowest BCUT2D eigenvalue weighted by atomic mass is 10.00. The molecular weight excluding hydrogens is 448 g/mol. The Morgan fingerprint density at radius 2 is 2.00 bits per heavy atom. The first-order valence-electron chi connectivity index (χ1n) is 12.8. The van der Waals surface area contributed by atoms with Crippen molar-refractivity contribution in [2.75, 3.05) is 0 Å². The van der Waals surface area contributed by atoms with Crippen molar-refractivity contribution in [1.29, 1.82) is 0 Å². The second kappa shape index (κ2) is 9.57. The molecule has 0 bridgehead atoms. The molecule has 0 saturated heterocycles. The number of nitrogens with one attached hydrogen (secondary N) is 2. The average molecular weight is 479 g/mol. The second-order valence-electron chi connectivity index (χ2n) is 9.95. The van der Waals surface area contributed by atoms with Crippen LogP contribution in [-0.4, -0.2) is 36.9 Å². The lowest BCUT2D eigenvalue weighted by Gasteiger charge is -2.17. The van der Waals surface area contributed by atoms with Crippen LogP contribution >= 0.6 is 0 Å². The zero-order valence-corrected chi connectivity index (χ0v) is 20.4. The number of benzene rings is 2. The van der Waals surface area contributed by atoms with Crippen LogP contribution in [0.15, 0.2) is 67.0 Å². The van der Waals surface area contributed by atoms with E-state index in [1.165, 1.54) is 10.9 Å². The predicted octanol–water partition coefficient (Wildman–Crippen LogP) is 5.66. The van der Waals surface area contributed by atoms with Crippen molar-refractivity contribution in [2.45, 2.75) is 51.6 Å². The number of hydrogen-bond acceptors (Lipinski definition) is 4. The largest absolute Gasteiger partial charge is 0.349 e. The van der Waals surface area contributed by atoms with Gasteiger partial charge in [-0.15, -0.1) is 0 Å². The summed E-state index contributed by atoms with van der Waals surface area (Å²) in [4.78, 5) is 17.5. The number of pyridine rings is 1. The molecule has 2 aromatic carbocycles. The maximum absolute atomic E-state index is 13.2. The Labute approximate surface area is 209 Å². The molecule has 2 atom stereocenters. The quantitative estimate of drug-likeness (QED) is 0.319. The van der Waals surface area contributed by atoms with Gasteiger partial charge in [0.05, 0.1) is 17.2 Å². The van der Waals surface area contributed by atoms with Crippen LogP contribution in [0, 0.1) is 12.8 Å². The smallest absolute Gasteiger partial charge is 0.251 e. The van der Waals surface area contributed by atoms with Crippen molar-refractivity contribution >= 4 is 27.7 Å². The number of rotatable bonds is 5. The normalized spacial score (nSPS) is 18.4. The number of nitrogens with zero attached hydrogens (tertiary/aromatic N) is 4. The van der Waals surface area contributed by atoms with Gasteiger partial charge < -0.3 is 5.32 Å². The fourth-order valence-electron chi connectivity index (χ4n) is 5.46. The highest BCUT2D eigenvalue weighted by Gasteiger charge is 2.22. The highest BCUT2D eigenvalue weighted by Crippen LogP contribution is 2.29. The zero-order chi connectivity index (χ0) is 24.5. The molecule has 1 fully saturated rings. The van der Waals surface area contributed by atoms with Crippen LogP contribution in [0.5, 0.6) is 0 Å². The Morgan fingerprint density at radius 1 is 1.08 bits per heavy atom. The number of H-pyrrole nitrogens is 1. The van der Waals surface area contributed by atoms with Gasteiger partial charge in [-0.3, -0.25) is 19.6 Å². The number of para-hydroxylation sites is 1. The molecule has 5 aromatic rings. The maximum atomic E-state index is 13.2. The monoisotopic (exact) mass is 478 g/mol. The molecule has 7 nitrogen and oxygen atoms in total. The molecule has 7 heteroatoms. The van der Waals surface area contributed by atoms with Crippen LogP contribution in [0.1, 0.15) is 48.2 Å². The number of aryl methyl sites for hydroxylation is 1. The first-order chi connectivity index (χ1) is 17.6.